The number of pyridine rings is 1. The fraction of sp³-hybridized carbons (Fsp3) is 0.667. The SMILES string of the molecule is CC1(C)OB(c2cnc(N)c(C3CCC3)c2)OC1(C)C. The molecule has 1 aliphatic heterocycles. The molecule has 0 atom stereocenters. The number of rotatable bonds is 2. The Labute approximate surface area is 121 Å². The fourth-order valence-corrected chi connectivity index (χ4v) is 2.66. The van der Waals surface area contributed by atoms with Gasteiger partial charge in [-0.15, -0.1) is 0 Å². The van der Waals surface area contributed by atoms with Gasteiger partial charge in [0, 0.05) is 11.7 Å². The molecule has 5 heteroatoms. The first-order valence-electron chi connectivity index (χ1n) is 7.41. The van der Waals surface area contributed by atoms with E-state index in [4.69, 9.17) is 15.0 Å². The highest BCUT2D eigenvalue weighted by molar-refractivity contribution is 6.62. The van der Waals surface area contributed by atoms with Gasteiger partial charge in [-0.1, -0.05) is 12.5 Å². The van der Waals surface area contributed by atoms with E-state index in [1.807, 2.05) is 0 Å². The van der Waals surface area contributed by atoms with Gasteiger partial charge in [0.1, 0.15) is 5.82 Å². The quantitative estimate of drug-likeness (QED) is 0.840. The van der Waals surface area contributed by atoms with Crippen molar-refractivity contribution in [2.75, 3.05) is 5.73 Å². The molecule has 1 saturated carbocycles. The molecule has 0 radical (unpaired) electrons. The van der Waals surface area contributed by atoms with Crippen LogP contribution in [0.3, 0.4) is 0 Å². The maximum Gasteiger partial charge on any atom is 0.496 e. The highest BCUT2D eigenvalue weighted by Crippen LogP contribution is 2.39. The van der Waals surface area contributed by atoms with Crippen LogP contribution in [-0.4, -0.2) is 23.3 Å². The van der Waals surface area contributed by atoms with Crippen LogP contribution in [0.5, 0.6) is 0 Å². The minimum atomic E-state index is -0.355. The summed E-state index contributed by atoms with van der Waals surface area (Å²) in [7, 11) is -0.355. The van der Waals surface area contributed by atoms with E-state index in [0.717, 1.165) is 11.0 Å². The molecule has 1 aromatic heterocycles. The smallest absolute Gasteiger partial charge is 0.399 e. The van der Waals surface area contributed by atoms with Gasteiger partial charge in [0.15, 0.2) is 0 Å². The molecule has 2 N–H and O–H groups in total. The Hall–Kier alpha value is -1.07. The molecule has 2 heterocycles. The van der Waals surface area contributed by atoms with Crippen molar-refractivity contribution in [2.24, 2.45) is 0 Å². The van der Waals surface area contributed by atoms with Crippen LogP contribution in [0.15, 0.2) is 12.3 Å². The molecule has 0 aromatic carbocycles. The second-order valence-corrected chi connectivity index (χ2v) is 6.96. The number of nitrogen functional groups attached to an aromatic ring is 1. The van der Waals surface area contributed by atoms with Gasteiger partial charge in [-0.05, 0) is 52.0 Å². The molecule has 2 aliphatic rings. The van der Waals surface area contributed by atoms with Crippen molar-refractivity contribution in [2.45, 2.75) is 64.1 Å². The molecule has 2 fully saturated rings. The minimum Gasteiger partial charge on any atom is -0.399 e. The van der Waals surface area contributed by atoms with Gasteiger partial charge in [0.25, 0.3) is 0 Å². The van der Waals surface area contributed by atoms with Crippen LogP contribution < -0.4 is 11.2 Å². The van der Waals surface area contributed by atoms with Crippen LogP contribution in [0.4, 0.5) is 5.82 Å². The molecular weight excluding hydrogens is 251 g/mol. The molecule has 108 valence electrons. The summed E-state index contributed by atoms with van der Waals surface area (Å²) in [6.45, 7) is 8.24. The van der Waals surface area contributed by atoms with Gasteiger partial charge in [0.05, 0.1) is 11.2 Å². The Kier molecular flexibility index (Phi) is 3.10. The van der Waals surface area contributed by atoms with Gasteiger partial charge in [-0.3, -0.25) is 0 Å². The molecule has 1 aromatic rings. The molecule has 1 aliphatic carbocycles. The third-order valence-corrected chi connectivity index (χ3v) is 5.04. The van der Waals surface area contributed by atoms with E-state index in [1.165, 1.54) is 19.3 Å². The third-order valence-electron chi connectivity index (χ3n) is 5.04. The number of nitrogens with two attached hydrogens (primary N) is 1. The predicted molar refractivity (Wildman–Crippen MR) is 81.0 cm³/mol. The third kappa shape index (κ3) is 2.13. The van der Waals surface area contributed by atoms with Crippen molar-refractivity contribution in [3.63, 3.8) is 0 Å². The minimum absolute atomic E-state index is 0.324. The molecule has 1 saturated heterocycles. The van der Waals surface area contributed by atoms with Crippen molar-refractivity contribution >= 4 is 18.4 Å². The van der Waals surface area contributed by atoms with Crippen molar-refractivity contribution < 1.29 is 9.31 Å². The topological polar surface area (TPSA) is 57.4 Å². The highest BCUT2D eigenvalue weighted by atomic mass is 16.7. The lowest BCUT2D eigenvalue weighted by Gasteiger charge is -2.32. The maximum atomic E-state index is 6.07. The van der Waals surface area contributed by atoms with Crippen molar-refractivity contribution in [3.8, 4) is 0 Å². The summed E-state index contributed by atoms with van der Waals surface area (Å²) in [5.74, 6) is 1.21. The molecular formula is C15H23BN2O2. The number of nitrogens with zero attached hydrogens (tertiary/aromatic N) is 1. The van der Waals surface area contributed by atoms with Crippen LogP contribution in [0.25, 0.3) is 0 Å². The Morgan fingerprint density at radius 3 is 2.30 bits per heavy atom. The average Bonchev–Trinajstić information content (AvgIpc) is 2.49. The maximum absolute atomic E-state index is 6.07. The average molecular weight is 274 g/mol. The Balaban J connectivity index is 1.88. The van der Waals surface area contributed by atoms with Crippen molar-refractivity contribution in [3.05, 3.63) is 17.8 Å². The molecule has 3 rings (SSSR count). The van der Waals surface area contributed by atoms with E-state index in [9.17, 15) is 0 Å². The lowest BCUT2D eigenvalue weighted by molar-refractivity contribution is 0.00578. The Bertz CT molecular complexity index is 511. The number of anilines is 1. The standard InChI is InChI=1S/C15H23BN2O2/c1-14(2)15(3,4)20-16(19-14)11-8-12(10-6-5-7-10)13(17)18-9-11/h8-10H,5-7H2,1-4H3,(H2,17,18). The molecule has 0 unspecified atom stereocenters. The summed E-state index contributed by atoms with van der Waals surface area (Å²) in [6, 6.07) is 2.12. The molecule has 20 heavy (non-hydrogen) atoms. The zero-order valence-corrected chi connectivity index (χ0v) is 12.8. The van der Waals surface area contributed by atoms with Crippen LogP contribution in [0, 0.1) is 0 Å². The predicted octanol–water partition coefficient (Wildman–Crippen LogP) is 2.23. The molecule has 0 bridgehead atoms. The van der Waals surface area contributed by atoms with E-state index in [-0.39, 0.29) is 18.3 Å². The van der Waals surface area contributed by atoms with Gasteiger partial charge in [-0.2, -0.15) is 0 Å². The van der Waals surface area contributed by atoms with Crippen LogP contribution in [-0.2, 0) is 9.31 Å². The van der Waals surface area contributed by atoms with Crippen LogP contribution >= 0.6 is 0 Å². The Morgan fingerprint density at radius 2 is 1.80 bits per heavy atom. The van der Waals surface area contributed by atoms with Crippen LogP contribution in [0.2, 0.25) is 0 Å². The number of hydrogen-bond acceptors (Lipinski definition) is 4. The highest BCUT2D eigenvalue weighted by Gasteiger charge is 2.52. The summed E-state index contributed by atoms with van der Waals surface area (Å²) in [6.07, 6.45) is 5.47. The zero-order valence-electron chi connectivity index (χ0n) is 12.8. The molecule has 0 amide bonds. The summed E-state index contributed by atoms with van der Waals surface area (Å²) in [5, 5.41) is 0. The monoisotopic (exact) mass is 274 g/mol. The second-order valence-electron chi connectivity index (χ2n) is 6.96. The van der Waals surface area contributed by atoms with Gasteiger partial charge < -0.3 is 15.0 Å². The van der Waals surface area contributed by atoms with E-state index in [0.29, 0.717) is 11.7 Å². The number of aromatic nitrogens is 1. The van der Waals surface area contributed by atoms with Gasteiger partial charge in [-0.25, -0.2) is 4.98 Å². The second kappa shape index (κ2) is 4.47. The van der Waals surface area contributed by atoms with Gasteiger partial charge >= 0.3 is 7.12 Å². The van der Waals surface area contributed by atoms with E-state index >= 15 is 0 Å². The lowest BCUT2D eigenvalue weighted by atomic mass is 9.75. The molecule has 0 spiro atoms. The van der Waals surface area contributed by atoms with Crippen molar-refractivity contribution in [1.82, 2.24) is 4.98 Å². The summed E-state index contributed by atoms with van der Waals surface area (Å²) < 4.78 is 12.1. The summed E-state index contributed by atoms with van der Waals surface area (Å²) in [5.41, 5.74) is 7.49. The fourth-order valence-electron chi connectivity index (χ4n) is 2.66. The summed E-state index contributed by atoms with van der Waals surface area (Å²) >= 11 is 0. The molecule has 4 nitrogen and oxygen atoms in total. The van der Waals surface area contributed by atoms with E-state index in [2.05, 4.69) is 38.7 Å². The van der Waals surface area contributed by atoms with Gasteiger partial charge in [0.2, 0.25) is 0 Å². The first kappa shape index (κ1) is 13.9. The van der Waals surface area contributed by atoms with Crippen LogP contribution in [0.1, 0.15) is 58.4 Å². The lowest BCUT2D eigenvalue weighted by Crippen LogP contribution is -2.41. The van der Waals surface area contributed by atoms with E-state index < -0.39 is 0 Å². The van der Waals surface area contributed by atoms with Crippen molar-refractivity contribution in [1.29, 1.82) is 0 Å². The summed E-state index contributed by atoms with van der Waals surface area (Å²) in [4.78, 5) is 4.34. The zero-order chi connectivity index (χ0) is 14.5. The van der Waals surface area contributed by atoms with E-state index in [1.54, 1.807) is 6.20 Å². The first-order valence-corrected chi connectivity index (χ1v) is 7.41. The number of hydrogen-bond donors (Lipinski definition) is 1. The Morgan fingerprint density at radius 1 is 1.20 bits per heavy atom. The largest absolute Gasteiger partial charge is 0.496 e. The first-order chi connectivity index (χ1) is 9.30. The normalized spacial score (nSPS) is 24.7.